The van der Waals surface area contributed by atoms with E-state index in [4.69, 9.17) is 14.1 Å². The highest BCUT2D eigenvalue weighted by Gasteiger charge is 2.20. The van der Waals surface area contributed by atoms with Gasteiger partial charge in [-0.15, -0.1) is 0 Å². The van der Waals surface area contributed by atoms with Gasteiger partial charge in [0.05, 0.1) is 12.0 Å². The second kappa shape index (κ2) is 8.33. The minimum absolute atomic E-state index is 0.340. The lowest BCUT2D eigenvalue weighted by Crippen LogP contribution is -2.31. The van der Waals surface area contributed by atoms with Gasteiger partial charge in [0.1, 0.15) is 6.10 Å². The van der Waals surface area contributed by atoms with Crippen LogP contribution in [-0.4, -0.2) is 32.5 Å². The number of aromatic nitrogens is 3. The van der Waals surface area contributed by atoms with Gasteiger partial charge in [-0.1, -0.05) is 12.5 Å². The van der Waals surface area contributed by atoms with Gasteiger partial charge in [0.25, 0.3) is 0 Å². The van der Waals surface area contributed by atoms with Gasteiger partial charge < -0.3 is 9.15 Å². The molecule has 0 saturated heterocycles. The third-order valence-electron chi connectivity index (χ3n) is 5.80. The van der Waals surface area contributed by atoms with Crippen LogP contribution >= 0.6 is 0 Å². The van der Waals surface area contributed by atoms with Crippen molar-refractivity contribution in [3.63, 3.8) is 0 Å². The van der Waals surface area contributed by atoms with E-state index in [2.05, 4.69) is 20.9 Å². The van der Waals surface area contributed by atoms with E-state index in [1.54, 1.807) is 6.26 Å². The van der Waals surface area contributed by atoms with Crippen molar-refractivity contribution in [1.29, 1.82) is 0 Å². The summed E-state index contributed by atoms with van der Waals surface area (Å²) in [5.41, 5.74) is 3.52. The highest BCUT2D eigenvalue weighted by Crippen LogP contribution is 2.24. The zero-order valence-electron chi connectivity index (χ0n) is 16.6. The van der Waals surface area contributed by atoms with Crippen LogP contribution in [0.4, 0.5) is 0 Å². The quantitative estimate of drug-likeness (QED) is 0.643. The van der Waals surface area contributed by atoms with E-state index in [1.807, 2.05) is 30.6 Å². The first-order valence-electron chi connectivity index (χ1n) is 10.6. The molecule has 2 aliphatic rings. The number of pyridine rings is 1. The van der Waals surface area contributed by atoms with Crippen molar-refractivity contribution in [3.05, 3.63) is 59.7 Å². The lowest BCUT2D eigenvalue weighted by atomic mass is 9.98. The van der Waals surface area contributed by atoms with Crippen LogP contribution in [0.5, 0.6) is 5.88 Å². The molecule has 0 amide bonds. The fourth-order valence-electron chi connectivity index (χ4n) is 4.22. The Morgan fingerprint density at radius 1 is 1.07 bits per heavy atom. The molecule has 1 aliphatic heterocycles. The van der Waals surface area contributed by atoms with Crippen molar-refractivity contribution in [3.8, 4) is 17.5 Å². The molecule has 1 fully saturated rings. The molecular formula is C23H26N4O2. The largest absolute Gasteiger partial charge is 0.474 e. The molecule has 0 aromatic carbocycles. The van der Waals surface area contributed by atoms with Gasteiger partial charge in [-0.05, 0) is 43.4 Å². The Kier molecular flexibility index (Phi) is 5.26. The summed E-state index contributed by atoms with van der Waals surface area (Å²) >= 11 is 0. The normalized spacial score (nSPS) is 17.8. The fourth-order valence-corrected chi connectivity index (χ4v) is 4.22. The Morgan fingerprint density at radius 3 is 2.79 bits per heavy atom. The van der Waals surface area contributed by atoms with Gasteiger partial charge in [0.15, 0.2) is 11.6 Å². The van der Waals surface area contributed by atoms with E-state index >= 15 is 0 Å². The van der Waals surface area contributed by atoms with Crippen LogP contribution in [0, 0.1) is 0 Å². The van der Waals surface area contributed by atoms with Gasteiger partial charge in [-0.3, -0.25) is 4.90 Å². The van der Waals surface area contributed by atoms with E-state index in [1.165, 1.54) is 30.4 Å². The van der Waals surface area contributed by atoms with Crippen LogP contribution in [0.15, 0.2) is 47.3 Å². The molecule has 1 saturated carbocycles. The zero-order chi connectivity index (χ0) is 19.5. The second-order valence-electron chi connectivity index (χ2n) is 7.99. The van der Waals surface area contributed by atoms with Gasteiger partial charge in [-0.2, -0.15) is 0 Å². The molecule has 4 heterocycles. The average Bonchev–Trinajstić information content (AvgIpc) is 3.31. The molecule has 0 bridgehead atoms. The van der Waals surface area contributed by atoms with Gasteiger partial charge in [-0.25, -0.2) is 15.0 Å². The summed E-state index contributed by atoms with van der Waals surface area (Å²) in [6.07, 6.45) is 13.0. The number of fused-ring (bicyclic) bond motifs is 1. The van der Waals surface area contributed by atoms with Gasteiger partial charge in [0, 0.05) is 50.1 Å². The Hall–Kier alpha value is -2.73. The van der Waals surface area contributed by atoms with Crippen LogP contribution in [-0.2, 0) is 19.5 Å². The van der Waals surface area contributed by atoms with Crippen molar-refractivity contribution < 1.29 is 9.15 Å². The summed E-state index contributed by atoms with van der Waals surface area (Å²) < 4.78 is 11.5. The third-order valence-corrected chi connectivity index (χ3v) is 5.80. The molecule has 0 radical (unpaired) electrons. The van der Waals surface area contributed by atoms with Crippen LogP contribution in [0.1, 0.15) is 48.9 Å². The molecule has 3 aromatic rings. The SMILES string of the molecule is c1coc(-c2ncc3c(n2)CCN(Cc2ccc(OC4CCCCC4)nc2)C3)c1. The Balaban J connectivity index is 1.20. The first kappa shape index (κ1) is 18.3. The van der Waals surface area contributed by atoms with Crippen molar-refractivity contribution in [2.75, 3.05) is 6.54 Å². The van der Waals surface area contributed by atoms with Crippen LogP contribution in [0.2, 0.25) is 0 Å². The topological polar surface area (TPSA) is 64.3 Å². The Labute approximate surface area is 171 Å². The molecule has 0 unspecified atom stereocenters. The molecule has 3 aromatic heterocycles. The van der Waals surface area contributed by atoms with E-state index in [0.29, 0.717) is 11.9 Å². The van der Waals surface area contributed by atoms with Crippen LogP contribution in [0.25, 0.3) is 11.6 Å². The molecule has 6 heteroatoms. The van der Waals surface area contributed by atoms with Crippen molar-refractivity contribution in [1.82, 2.24) is 19.9 Å². The molecule has 0 N–H and O–H groups in total. The summed E-state index contributed by atoms with van der Waals surface area (Å²) in [6, 6.07) is 7.91. The van der Waals surface area contributed by atoms with Crippen molar-refractivity contribution in [2.24, 2.45) is 0 Å². The fraction of sp³-hybridized carbons (Fsp3) is 0.435. The van der Waals surface area contributed by atoms with Crippen LogP contribution in [0.3, 0.4) is 0 Å². The maximum atomic E-state index is 6.04. The number of furan rings is 1. The number of hydrogen-bond donors (Lipinski definition) is 0. The monoisotopic (exact) mass is 390 g/mol. The third kappa shape index (κ3) is 4.32. The Bertz CT molecular complexity index is 934. The summed E-state index contributed by atoms with van der Waals surface area (Å²) in [5.74, 6) is 2.14. The summed E-state index contributed by atoms with van der Waals surface area (Å²) in [5, 5.41) is 0. The van der Waals surface area contributed by atoms with Gasteiger partial charge >= 0.3 is 0 Å². The molecule has 29 heavy (non-hydrogen) atoms. The average molecular weight is 390 g/mol. The lowest BCUT2D eigenvalue weighted by Gasteiger charge is -2.28. The highest BCUT2D eigenvalue weighted by atomic mass is 16.5. The second-order valence-corrected chi connectivity index (χ2v) is 7.99. The van der Waals surface area contributed by atoms with Crippen LogP contribution < -0.4 is 4.74 Å². The lowest BCUT2D eigenvalue weighted by molar-refractivity contribution is 0.148. The molecular weight excluding hydrogens is 364 g/mol. The van der Waals surface area contributed by atoms with Crippen molar-refractivity contribution >= 4 is 0 Å². The highest BCUT2D eigenvalue weighted by molar-refractivity contribution is 5.46. The summed E-state index contributed by atoms with van der Waals surface area (Å²) in [7, 11) is 0. The number of rotatable bonds is 5. The molecule has 5 rings (SSSR count). The molecule has 0 spiro atoms. The predicted octanol–water partition coefficient (Wildman–Crippen LogP) is 4.40. The smallest absolute Gasteiger partial charge is 0.213 e. The van der Waals surface area contributed by atoms with E-state index < -0.39 is 0 Å². The van der Waals surface area contributed by atoms with Crippen molar-refractivity contribution in [2.45, 2.75) is 57.7 Å². The van der Waals surface area contributed by atoms with E-state index in [9.17, 15) is 0 Å². The minimum atomic E-state index is 0.340. The van der Waals surface area contributed by atoms with E-state index in [0.717, 1.165) is 56.2 Å². The first-order valence-corrected chi connectivity index (χ1v) is 10.6. The zero-order valence-corrected chi connectivity index (χ0v) is 16.6. The van der Waals surface area contributed by atoms with E-state index in [-0.39, 0.29) is 0 Å². The predicted molar refractivity (Wildman–Crippen MR) is 109 cm³/mol. The molecule has 6 nitrogen and oxygen atoms in total. The Morgan fingerprint density at radius 2 is 2.00 bits per heavy atom. The summed E-state index contributed by atoms with van der Waals surface area (Å²) in [6.45, 7) is 2.70. The summed E-state index contributed by atoms with van der Waals surface area (Å²) in [4.78, 5) is 16.1. The number of ether oxygens (including phenoxy) is 1. The molecule has 0 atom stereocenters. The number of hydrogen-bond acceptors (Lipinski definition) is 6. The van der Waals surface area contributed by atoms with Gasteiger partial charge in [0.2, 0.25) is 5.88 Å². The molecule has 150 valence electrons. The first-order chi connectivity index (χ1) is 14.3. The standard InChI is InChI=1S/C23H26N4O2/c1-2-5-19(6-3-1)29-22-9-8-17(13-24-22)15-27-11-10-20-18(16-27)14-25-23(26-20)21-7-4-12-28-21/h4,7-9,12-14,19H,1-3,5-6,10-11,15-16H2. The number of nitrogens with zero attached hydrogens (tertiary/aromatic N) is 4. The molecule has 1 aliphatic carbocycles. The maximum absolute atomic E-state index is 6.04. The minimum Gasteiger partial charge on any atom is -0.474 e. The maximum Gasteiger partial charge on any atom is 0.213 e.